The van der Waals surface area contributed by atoms with Crippen LogP contribution in [0.5, 0.6) is 0 Å². The van der Waals surface area contributed by atoms with Crippen LogP contribution in [0.1, 0.15) is 5.56 Å². The minimum absolute atomic E-state index is 0.288. The summed E-state index contributed by atoms with van der Waals surface area (Å²) < 4.78 is 1.57. The van der Waals surface area contributed by atoms with Crippen molar-refractivity contribution in [2.75, 3.05) is 4.93 Å². The van der Waals surface area contributed by atoms with Crippen LogP contribution in [-0.2, 0) is 0 Å². The van der Waals surface area contributed by atoms with Gasteiger partial charge in [0, 0.05) is 0 Å². The Morgan fingerprint density at radius 3 is 2.33 bits per heavy atom. The van der Waals surface area contributed by atoms with Gasteiger partial charge >= 0.3 is 66.5 Å². The first-order valence-electron chi connectivity index (χ1n) is 2.89. The fourth-order valence-corrected chi connectivity index (χ4v) is 2.36. The van der Waals surface area contributed by atoms with E-state index in [1.165, 1.54) is 5.56 Å². The zero-order valence-corrected chi connectivity index (χ0v) is 7.84. The van der Waals surface area contributed by atoms with Crippen LogP contribution >= 0.6 is 0 Å². The van der Waals surface area contributed by atoms with Gasteiger partial charge in [-0.25, -0.2) is 0 Å². The standard InChI is InChI=1S/C8H10I/c1-7-5-3-4-6-8(7)9-2/h3-6H,1-2H3/q-1. The number of rotatable bonds is 1. The number of aryl methyl sites for hydroxylation is 1. The summed E-state index contributed by atoms with van der Waals surface area (Å²) in [5, 5.41) is 0. The molecule has 0 amide bonds. The Morgan fingerprint density at radius 1 is 1.22 bits per heavy atom. The molecule has 9 heavy (non-hydrogen) atoms. The summed E-state index contributed by atoms with van der Waals surface area (Å²) in [4.78, 5) is 2.29. The molecule has 50 valence electrons. The Hall–Kier alpha value is -0.0500. The van der Waals surface area contributed by atoms with Gasteiger partial charge in [-0.15, -0.1) is 0 Å². The van der Waals surface area contributed by atoms with E-state index >= 15 is 0 Å². The summed E-state index contributed by atoms with van der Waals surface area (Å²) in [6, 6.07) is 8.62. The average molecular weight is 233 g/mol. The summed E-state index contributed by atoms with van der Waals surface area (Å²) in [6.07, 6.45) is 0. The van der Waals surface area contributed by atoms with Gasteiger partial charge in [-0.2, -0.15) is 0 Å². The summed E-state index contributed by atoms with van der Waals surface area (Å²) in [5.41, 5.74) is 1.45. The molecule has 0 aliphatic carbocycles. The second kappa shape index (κ2) is 3.20. The number of benzene rings is 1. The molecule has 1 rings (SSSR count). The molecule has 0 N–H and O–H groups in total. The van der Waals surface area contributed by atoms with E-state index < -0.39 is 0 Å². The third-order valence-electron chi connectivity index (χ3n) is 1.28. The Morgan fingerprint density at radius 2 is 1.89 bits per heavy atom. The summed E-state index contributed by atoms with van der Waals surface area (Å²) in [5.74, 6) is 0. The quantitative estimate of drug-likeness (QED) is 0.426. The van der Waals surface area contributed by atoms with Crippen molar-refractivity contribution in [1.82, 2.24) is 0 Å². The molecule has 0 aromatic heterocycles. The molecule has 0 heterocycles. The van der Waals surface area contributed by atoms with Gasteiger partial charge in [0.1, 0.15) is 0 Å². The molecule has 0 aliphatic heterocycles. The van der Waals surface area contributed by atoms with Crippen molar-refractivity contribution in [2.24, 2.45) is 0 Å². The summed E-state index contributed by atoms with van der Waals surface area (Å²) >= 11 is 0.288. The van der Waals surface area contributed by atoms with Crippen molar-refractivity contribution in [3.63, 3.8) is 0 Å². The van der Waals surface area contributed by atoms with E-state index in [9.17, 15) is 0 Å². The van der Waals surface area contributed by atoms with E-state index in [1.54, 1.807) is 3.57 Å². The van der Waals surface area contributed by atoms with Crippen molar-refractivity contribution >= 4 is 0 Å². The molecule has 0 unspecified atom stereocenters. The predicted octanol–water partition coefficient (Wildman–Crippen LogP) is -1.12. The molecule has 0 atom stereocenters. The van der Waals surface area contributed by atoms with E-state index in [-0.39, 0.29) is 21.2 Å². The van der Waals surface area contributed by atoms with Crippen LogP contribution in [0.2, 0.25) is 0 Å². The Kier molecular flexibility index (Phi) is 2.51. The van der Waals surface area contributed by atoms with Gasteiger partial charge in [-0.3, -0.25) is 0 Å². The van der Waals surface area contributed by atoms with Crippen molar-refractivity contribution in [2.45, 2.75) is 6.92 Å². The van der Waals surface area contributed by atoms with Gasteiger partial charge in [0.25, 0.3) is 0 Å². The molecule has 0 radical (unpaired) electrons. The fraction of sp³-hybridized carbons (Fsp3) is 0.250. The molecule has 1 aromatic carbocycles. The van der Waals surface area contributed by atoms with Crippen LogP contribution in [-0.4, -0.2) is 4.93 Å². The number of halogens is 1. The zero-order valence-electron chi connectivity index (χ0n) is 5.69. The minimum atomic E-state index is 0.288. The van der Waals surface area contributed by atoms with E-state index in [1.807, 2.05) is 0 Å². The molecule has 0 bridgehead atoms. The zero-order chi connectivity index (χ0) is 6.69. The van der Waals surface area contributed by atoms with Crippen molar-refractivity contribution < 1.29 is 21.2 Å². The molecule has 1 heteroatoms. The van der Waals surface area contributed by atoms with Gasteiger partial charge in [-0.05, 0) is 0 Å². The van der Waals surface area contributed by atoms with Crippen LogP contribution in [0, 0.1) is 10.5 Å². The van der Waals surface area contributed by atoms with Crippen LogP contribution in [0.15, 0.2) is 24.3 Å². The number of hydrogen-bond acceptors (Lipinski definition) is 0. The fourth-order valence-electron chi connectivity index (χ4n) is 0.763. The van der Waals surface area contributed by atoms with Gasteiger partial charge < -0.3 is 0 Å². The van der Waals surface area contributed by atoms with E-state index in [2.05, 4.69) is 36.1 Å². The summed E-state index contributed by atoms with van der Waals surface area (Å²) in [6.45, 7) is 2.18. The van der Waals surface area contributed by atoms with Crippen LogP contribution in [0.25, 0.3) is 0 Å². The van der Waals surface area contributed by atoms with Crippen LogP contribution in [0.4, 0.5) is 0 Å². The van der Waals surface area contributed by atoms with Crippen molar-refractivity contribution in [3.8, 4) is 0 Å². The number of hydrogen-bond donors (Lipinski definition) is 0. The van der Waals surface area contributed by atoms with E-state index in [4.69, 9.17) is 0 Å². The third kappa shape index (κ3) is 1.68. The Balaban J connectivity index is 3.01. The third-order valence-corrected chi connectivity index (χ3v) is 3.65. The van der Waals surface area contributed by atoms with E-state index in [0.29, 0.717) is 0 Å². The molecule has 0 fully saturated rings. The summed E-state index contributed by atoms with van der Waals surface area (Å²) in [7, 11) is 0. The SMILES string of the molecule is C[I-]c1ccccc1C. The van der Waals surface area contributed by atoms with E-state index in [0.717, 1.165) is 0 Å². The number of alkyl halides is 1. The molecule has 0 spiro atoms. The molecule has 0 aliphatic rings. The van der Waals surface area contributed by atoms with Crippen molar-refractivity contribution in [3.05, 3.63) is 33.4 Å². The normalized spacial score (nSPS) is 10.0. The molecular formula is C8H10I-. The van der Waals surface area contributed by atoms with Crippen molar-refractivity contribution in [1.29, 1.82) is 0 Å². The van der Waals surface area contributed by atoms with Gasteiger partial charge in [0.2, 0.25) is 0 Å². The van der Waals surface area contributed by atoms with Crippen LogP contribution in [0.3, 0.4) is 0 Å². The topological polar surface area (TPSA) is 0 Å². The molecule has 0 saturated carbocycles. The second-order valence-electron chi connectivity index (χ2n) is 1.94. The van der Waals surface area contributed by atoms with Gasteiger partial charge in [-0.1, -0.05) is 0 Å². The first-order valence-corrected chi connectivity index (χ1v) is 6.13. The molecule has 0 nitrogen and oxygen atoms in total. The van der Waals surface area contributed by atoms with Gasteiger partial charge in [0.15, 0.2) is 0 Å². The maximum absolute atomic E-state index is 2.29. The van der Waals surface area contributed by atoms with Gasteiger partial charge in [0.05, 0.1) is 0 Å². The molecule has 1 aromatic rings. The molecular weight excluding hydrogens is 223 g/mol. The van der Waals surface area contributed by atoms with Crippen LogP contribution < -0.4 is 21.2 Å². The Labute approximate surface area is 66.5 Å². The average Bonchev–Trinajstić information content (AvgIpc) is 1.89. The molecule has 0 saturated heterocycles. The Bertz CT molecular complexity index is 194. The maximum atomic E-state index is 2.29. The first kappa shape index (κ1) is 7.06. The second-order valence-corrected chi connectivity index (χ2v) is 4.18. The first-order chi connectivity index (χ1) is 4.34. The monoisotopic (exact) mass is 233 g/mol. The predicted molar refractivity (Wildman–Crippen MR) is 35.8 cm³/mol.